The molecule has 1 amide bonds. The molecule has 2 N–H and O–H groups in total. The molecule has 0 radical (unpaired) electrons. The van der Waals surface area contributed by atoms with Crippen LogP contribution in [0.25, 0.3) is 10.9 Å². The number of halogens is 1. The molecule has 0 bridgehead atoms. The zero-order valence-electron chi connectivity index (χ0n) is 21.8. The molecule has 0 atom stereocenters. The van der Waals surface area contributed by atoms with Gasteiger partial charge < -0.3 is 25.0 Å². The van der Waals surface area contributed by atoms with Gasteiger partial charge in [0.1, 0.15) is 6.61 Å². The number of pyridine rings is 1. The third-order valence-electron chi connectivity index (χ3n) is 6.24. The number of hydrogen-bond acceptors (Lipinski definition) is 7. The van der Waals surface area contributed by atoms with E-state index in [1.807, 2.05) is 59.5 Å². The summed E-state index contributed by atoms with van der Waals surface area (Å²) in [5.41, 5.74) is 9.44. The van der Waals surface area contributed by atoms with E-state index < -0.39 is 12.1 Å². The Morgan fingerprint density at radius 2 is 1.77 bits per heavy atom. The van der Waals surface area contributed by atoms with Crippen molar-refractivity contribution in [3.63, 3.8) is 0 Å². The van der Waals surface area contributed by atoms with Gasteiger partial charge in [-0.15, -0.1) is 0 Å². The zero-order chi connectivity index (χ0) is 27.6. The SMILES string of the molecule is COC(=O)c1cccc(N(CCN(CCCN)C(=O)OCc2ccccc2)c2ccnc3ccc(Cl)cc23)c1. The second-order valence-corrected chi connectivity index (χ2v) is 9.29. The van der Waals surface area contributed by atoms with Gasteiger partial charge in [0.15, 0.2) is 0 Å². The van der Waals surface area contributed by atoms with Crippen LogP contribution in [0.15, 0.2) is 85.1 Å². The van der Waals surface area contributed by atoms with Crippen LogP contribution in [0.1, 0.15) is 22.3 Å². The summed E-state index contributed by atoms with van der Waals surface area (Å²) in [6.45, 7) is 1.82. The molecule has 39 heavy (non-hydrogen) atoms. The van der Waals surface area contributed by atoms with Crippen LogP contribution in [0.2, 0.25) is 5.02 Å². The maximum absolute atomic E-state index is 13.1. The van der Waals surface area contributed by atoms with E-state index in [-0.39, 0.29) is 6.61 Å². The monoisotopic (exact) mass is 546 g/mol. The fourth-order valence-corrected chi connectivity index (χ4v) is 4.43. The first-order chi connectivity index (χ1) is 19.0. The highest BCUT2D eigenvalue weighted by atomic mass is 35.5. The first-order valence-electron chi connectivity index (χ1n) is 12.7. The Morgan fingerprint density at radius 3 is 2.54 bits per heavy atom. The summed E-state index contributed by atoms with van der Waals surface area (Å²) < 4.78 is 10.6. The molecule has 8 nitrogen and oxygen atoms in total. The highest BCUT2D eigenvalue weighted by Gasteiger charge is 2.20. The average molecular weight is 547 g/mol. The van der Waals surface area contributed by atoms with E-state index in [1.165, 1.54) is 7.11 Å². The van der Waals surface area contributed by atoms with E-state index >= 15 is 0 Å². The minimum absolute atomic E-state index is 0.178. The van der Waals surface area contributed by atoms with E-state index in [1.54, 1.807) is 35.4 Å². The molecule has 0 aliphatic heterocycles. The standard InChI is InChI=1S/C30H31ClN4O4/c1-38-29(36)23-9-5-10-25(19-23)35(28-13-15-33-27-12-11-24(31)20-26(27)28)18-17-34(16-6-14-32)30(37)39-21-22-7-3-2-4-8-22/h2-5,7-13,15,19-20H,6,14,16-18,21,32H2,1H3. The molecule has 4 aromatic rings. The molecule has 0 unspecified atom stereocenters. The van der Waals surface area contributed by atoms with Crippen molar-refractivity contribution in [1.82, 2.24) is 9.88 Å². The van der Waals surface area contributed by atoms with E-state index in [0.29, 0.717) is 43.2 Å². The Labute approximate surface area is 232 Å². The van der Waals surface area contributed by atoms with Crippen molar-refractivity contribution in [2.75, 3.05) is 38.2 Å². The molecule has 4 rings (SSSR count). The topological polar surface area (TPSA) is 98.0 Å². The van der Waals surface area contributed by atoms with Crippen LogP contribution in [-0.2, 0) is 16.1 Å². The number of nitrogens with zero attached hydrogens (tertiary/aromatic N) is 3. The van der Waals surface area contributed by atoms with E-state index in [4.69, 9.17) is 26.8 Å². The normalized spacial score (nSPS) is 10.7. The highest BCUT2D eigenvalue weighted by molar-refractivity contribution is 6.31. The Bertz CT molecular complexity index is 1420. The maximum Gasteiger partial charge on any atom is 0.410 e. The Balaban J connectivity index is 1.65. The molecule has 1 aromatic heterocycles. The molecule has 0 fully saturated rings. The fraction of sp³-hybridized carbons (Fsp3) is 0.233. The summed E-state index contributed by atoms with van der Waals surface area (Å²) in [5, 5.41) is 1.42. The number of esters is 1. The molecule has 0 saturated carbocycles. The molecule has 0 spiro atoms. The maximum atomic E-state index is 13.1. The number of methoxy groups -OCH3 is 1. The molecule has 3 aromatic carbocycles. The molecular formula is C30H31ClN4O4. The number of benzene rings is 3. The predicted molar refractivity (Wildman–Crippen MR) is 153 cm³/mol. The second-order valence-electron chi connectivity index (χ2n) is 8.85. The van der Waals surface area contributed by atoms with Crippen LogP contribution in [0.4, 0.5) is 16.2 Å². The van der Waals surface area contributed by atoms with Crippen LogP contribution in [0.3, 0.4) is 0 Å². The average Bonchev–Trinajstić information content (AvgIpc) is 2.97. The van der Waals surface area contributed by atoms with Gasteiger partial charge in [-0.3, -0.25) is 4.98 Å². The largest absolute Gasteiger partial charge is 0.465 e. The van der Waals surface area contributed by atoms with Crippen molar-refractivity contribution >= 4 is 45.9 Å². The van der Waals surface area contributed by atoms with Crippen molar-refractivity contribution in [1.29, 1.82) is 0 Å². The zero-order valence-corrected chi connectivity index (χ0v) is 22.5. The highest BCUT2D eigenvalue weighted by Crippen LogP contribution is 2.33. The van der Waals surface area contributed by atoms with Crippen molar-refractivity contribution in [3.8, 4) is 0 Å². The van der Waals surface area contributed by atoms with Gasteiger partial charge >= 0.3 is 12.1 Å². The van der Waals surface area contributed by atoms with Crippen LogP contribution in [0.5, 0.6) is 0 Å². The van der Waals surface area contributed by atoms with Gasteiger partial charge in [0.2, 0.25) is 0 Å². The van der Waals surface area contributed by atoms with Gasteiger partial charge in [-0.25, -0.2) is 9.59 Å². The van der Waals surface area contributed by atoms with Gasteiger partial charge in [0, 0.05) is 41.9 Å². The van der Waals surface area contributed by atoms with Gasteiger partial charge in [0.05, 0.1) is 23.9 Å². The molecular weight excluding hydrogens is 516 g/mol. The molecule has 202 valence electrons. The summed E-state index contributed by atoms with van der Waals surface area (Å²) in [6.07, 6.45) is 1.94. The third kappa shape index (κ3) is 7.25. The first kappa shape index (κ1) is 27.9. The lowest BCUT2D eigenvalue weighted by Crippen LogP contribution is -2.39. The Hall–Kier alpha value is -4.14. The van der Waals surface area contributed by atoms with Gasteiger partial charge in [0.25, 0.3) is 0 Å². The summed E-state index contributed by atoms with van der Waals surface area (Å²) in [6, 6.07) is 24.1. The Morgan fingerprint density at radius 1 is 0.949 bits per heavy atom. The minimum Gasteiger partial charge on any atom is -0.465 e. The lowest BCUT2D eigenvalue weighted by Gasteiger charge is -2.30. The first-order valence-corrected chi connectivity index (χ1v) is 13.0. The lowest BCUT2D eigenvalue weighted by molar-refractivity contribution is 0.0600. The molecule has 0 aliphatic carbocycles. The summed E-state index contributed by atoms with van der Waals surface area (Å²) in [5.74, 6) is -0.437. The van der Waals surface area contributed by atoms with Crippen LogP contribution < -0.4 is 10.6 Å². The summed E-state index contributed by atoms with van der Waals surface area (Å²) in [7, 11) is 1.35. The van der Waals surface area contributed by atoms with Gasteiger partial charge in [-0.05, 0) is 61.0 Å². The van der Waals surface area contributed by atoms with E-state index in [0.717, 1.165) is 27.8 Å². The number of ether oxygens (including phenoxy) is 2. The summed E-state index contributed by atoms with van der Waals surface area (Å²) in [4.78, 5) is 33.6. The fourth-order valence-electron chi connectivity index (χ4n) is 4.25. The third-order valence-corrected chi connectivity index (χ3v) is 6.47. The van der Waals surface area contributed by atoms with Crippen LogP contribution in [-0.4, -0.2) is 55.2 Å². The summed E-state index contributed by atoms with van der Waals surface area (Å²) >= 11 is 6.35. The van der Waals surface area contributed by atoms with E-state index in [2.05, 4.69) is 4.98 Å². The molecule has 9 heteroatoms. The number of amides is 1. The van der Waals surface area contributed by atoms with Gasteiger partial charge in [-0.1, -0.05) is 48.0 Å². The number of hydrogen-bond donors (Lipinski definition) is 1. The Kier molecular flexibility index (Phi) is 9.72. The van der Waals surface area contributed by atoms with Gasteiger partial charge in [-0.2, -0.15) is 0 Å². The number of rotatable bonds is 11. The van der Waals surface area contributed by atoms with Crippen LogP contribution in [0, 0.1) is 0 Å². The van der Waals surface area contributed by atoms with Crippen molar-refractivity contribution < 1.29 is 19.1 Å². The number of aromatic nitrogens is 1. The molecule has 0 saturated heterocycles. The number of carbonyl (C=O) groups excluding carboxylic acids is 2. The number of carbonyl (C=O) groups is 2. The predicted octanol–water partition coefficient (Wildman–Crippen LogP) is 5.80. The number of nitrogens with two attached hydrogens (primary N) is 1. The minimum atomic E-state index is -0.437. The van der Waals surface area contributed by atoms with E-state index in [9.17, 15) is 9.59 Å². The van der Waals surface area contributed by atoms with Crippen LogP contribution >= 0.6 is 11.6 Å². The second kappa shape index (κ2) is 13.6. The van der Waals surface area contributed by atoms with Crippen molar-refractivity contribution in [2.24, 2.45) is 5.73 Å². The number of anilines is 2. The van der Waals surface area contributed by atoms with Crippen molar-refractivity contribution in [2.45, 2.75) is 13.0 Å². The molecule has 1 heterocycles. The van der Waals surface area contributed by atoms with Crippen molar-refractivity contribution in [3.05, 3.63) is 101 Å². The lowest BCUT2D eigenvalue weighted by atomic mass is 10.1. The quantitative estimate of drug-likeness (QED) is 0.237. The molecule has 0 aliphatic rings. The smallest absolute Gasteiger partial charge is 0.410 e. The number of fused-ring (bicyclic) bond motifs is 1.